The Bertz CT molecular complexity index is 2610. The smallest absolute Gasteiger partial charge is 0.335 e. The Kier molecular flexibility index (Phi) is 19.3. The highest BCUT2D eigenvalue weighted by atomic mass is 19.1. The number of aromatic nitrogens is 2. The van der Waals surface area contributed by atoms with Gasteiger partial charge in [-0.05, 0) is 160 Å². The van der Waals surface area contributed by atoms with Crippen molar-refractivity contribution in [2.45, 2.75) is 89.6 Å². The zero-order chi connectivity index (χ0) is 48.2. The number of piperidine rings is 2. The molecule has 10 nitrogen and oxygen atoms in total. The van der Waals surface area contributed by atoms with Gasteiger partial charge in [0.2, 0.25) is 0 Å². The average molecular weight is 937 g/mol. The summed E-state index contributed by atoms with van der Waals surface area (Å²) in [7, 11) is 0. The third kappa shape index (κ3) is 14.5. The van der Waals surface area contributed by atoms with Crippen molar-refractivity contribution in [3.8, 4) is 11.5 Å². The van der Waals surface area contributed by atoms with Crippen LogP contribution < -0.4 is 9.47 Å². The van der Waals surface area contributed by atoms with E-state index in [1.165, 1.54) is 77.9 Å². The molecule has 0 spiro atoms. The molecule has 4 heterocycles. The Morgan fingerprint density at radius 2 is 1.09 bits per heavy atom. The number of aryl methyl sites for hydroxylation is 1. The SMILES string of the molecule is CCCCCn1cc(C2CCN(CCCOc3ccc(C(=O)O)cc3)CC2)c2ccccc21.Fc1ccc(Cn2cc(C3CCN(CCCOc4ccccc4)CC3)c3ccccc32)cc1.O=CO. The molecule has 364 valence electrons. The quantitative estimate of drug-likeness (QED) is 0.0610. The van der Waals surface area contributed by atoms with Gasteiger partial charge in [-0.25, -0.2) is 9.18 Å². The first kappa shape index (κ1) is 50.4. The maximum Gasteiger partial charge on any atom is 0.335 e. The highest BCUT2D eigenvalue weighted by Crippen LogP contribution is 2.36. The number of carboxylic acid groups (broad SMARTS) is 2. The Morgan fingerprint density at radius 3 is 1.61 bits per heavy atom. The summed E-state index contributed by atoms with van der Waals surface area (Å²) in [6, 6.07) is 41.1. The van der Waals surface area contributed by atoms with E-state index < -0.39 is 5.97 Å². The number of carboxylic acids is 1. The number of likely N-dealkylation sites (tertiary alicyclic amines) is 2. The fourth-order valence-corrected chi connectivity index (χ4v) is 9.94. The summed E-state index contributed by atoms with van der Waals surface area (Å²) < 4.78 is 29.8. The van der Waals surface area contributed by atoms with Crippen molar-refractivity contribution in [3.63, 3.8) is 0 Å². The summed E-state index contributed by atoms with van der Waals surface area (Å²) in [4.78, 5) is 24.4. The summed E-state index contributed by atoms with van der Waals surface area (Å²) in [5.74, 6) is 1.81. The van der Waals surface area contributed by atoms with E-state index in [2.05, 4.69) is 86.8 Å². The van der Waals surface area contributed by atoms with Gasteiger partial charge < -0.3 is 38.6 Å². The van der Waals surface area contributed by atoms with Gasteiger partial charge in [-0.2, -0.15) is 0 Å². The van der Waals surface area contributed by atoms with Crippen LogP contribution in [0.2, 0.25) is 0 Å². The topological polar surface area (TPSA) is 109 Å². The van der Waals surface area contributed by atoms with Crippen LogP contribution in [0.5, 0.6) is 11.5 Å². The first-order valence-electron chi connectivity index (χ1n) is 24.9. The van der Waals surface area contributed by atoms with E-state index in [0.717, 1.165) is 88.9 Å². The standard InChI is InChI=1S/C29H31FN2O.C28H36N2O3.CH2O2/c30-25-13-11-23(12-14-25)21-32-22-28(27-9-4-5-10-29(27)32)24-15-18-31(19-16-24)17-6-20-33-26-7-2-1-3-8-26;1-2-3-6-17-30-21-26(25-8-4-5-9-27(25)30)22-14-18-29(19-15-22)16-7-20-33-24-12-10-23(11-13-24)28(31)32;2-1-3/h1-5,7-14,22,24H,6,15-21H2;4-5,8-13,21-22H,2-3,6-7,14-20H2,1H3,(H,31,32);1H,(H,2,3). The van der Waals surface area contributed by atoms with E-state index in [-0.39, 0.29) is 17.9 Å². The minimum absolute atomic E-state index is 0.185. The highest BCUT2D eigenvalue weighted by molar-refractivity contribution is 5.88. The van der Waals surface area contributed by atoms with Crippen LogP contribution in [0.1, 0.15) is 104 Å². The summed E-state index contributed by atoms with van der Waals surface area (Å²) in [6.07, 6.45) is 15.4. The van der Waals surface area contributed by atoms with Crippen molar-refractivity contribution < 1.29 is 33.7 Å². The first-order chi connectivity index (χ1) is 33.8. The Hall–Kier alpha value is -6.43. The fourth-order valence-electron chi connectivity index (χ4n) is 9.94. The molecule has 0 saturated carbocycles. The lowest BCUT2D eigenvalue weighted by atomic mass is 9.89. The predicted octanol–water partition coefficient (Wildman–Crippen LogP) is 12.4. The normalized spacial score (nSPS) is 14.7. The molecule has 2 fully saturated rings. The van der Waals surface area contributed by atoms with Crippen molar-refractivity contribution in [2.24, 2.45) is 0 Å². The van der Waals surface area contributed by atoms with Crippen molar-refractivity contribution in [2.75, 3.05) is 52.5 Å². The molecule has 0 radical (unpaired) electrons. The molecule has 9 rings (SSSR count). The van der Waals surface area contributed by atoms with Crippen LogP contribution in [-0.4, -0.2) is 94.1 Å². The van der Waals surface area contributed by atoms with Gasteiger partial charge in [-0.3, -0.25) is 4.79 Å². The minimum Gasteiger partial charge on any atom is -0.494 e. The summed E-state index contributed by atoms with van der Waals surface area (Å²) in [5.41, 5.74) is 7.05. The van der Waals surface area contributed by atoms with Crippen LogP contribution in [0.4, 0.5) is 4.39 Å². The van der Waals surface area contributed by atoms with Crippen LogP contribution >= 0.6 is 0 Å². The summed E-state index contributed by atoms with van der Waals surface area (Å²) in [6.45, 7) is 12.0. The largest absolute Gasteiger partial charge is 0.494 e. The maximum absolute atomic E-state index is 13.3. The molecule has 0 bridgehead atoms. The predicted molar refractivity (Wildman–Crippen MR) is 274 cm³/mol. The first-order valence-corrected chi connectivity index (χ1v) is 24.9. The van der Waals surface area contributed by atoms with E-state index in [1.807, 2.05) is 42.5 Å². The lowest BCUT2D eigenvalue weighted by molar-refractivity contribution is -0.122. The lowest BCUT2D eigenvalue weighted by Gasteiger charge is -2.32. The van der Waals surface area contributed by atoms with Crippen molar-refractivity contribution in [1.82, 2.24) is 18.9 Å². The molecular formula is C58H69FN4O6. The van der Waals surface area contributed by atoms with Crippen molar-refractivity contribution >= 4 is 34.2 Å². The van der Waals surface area contributed by atoms with Crippen LogP contribution in [0.3, 0.4) is 0 Å². The number of benzene rings is 5. The third-order valence-electron chi connectivity index (χ3n) is 13.6. The van der Waals surface area contributed by atoms with Gasteiger partial charge in [0.05, 0.1) is 18.8 Å². The van der Waals surface area contributed by atoms with E-state index >= 15 is 0 Å². The van der Waals surface area contributed by atoms with E-state index in [1.54, 1.807) is 36.4 Å². The van der Waals surface area contributed by atoms with Crippen LogP contribution in [0, 0.1) is 5.82 Å². The number of halogens is 1. The fraction of sp³-hybridized carbons (Fsp3) is 0.379. The van der Waals surface area contributed by atoms with Crippen molar-refractivity contribution in [3.05, 3.63) is 168 Å². The van der Waals surface area contributed by atoms with Gasteiger partial charge in [0.25, 0.3) is 6.47 Å². The summed E-state index contributed by atoms with van der Waals surface area (Å²) >= 11 is 0. The molecule has 2 saturated heterocycles. The van der Waals surface area contributed by atoms with Crippen LogP contribution in [0.25, 0.3) is 21.8 Å². The van der Waals surface area contributed by atoms with Gasteiger partial charge in [0, 0.05) is 60.4 Å². The zero-order valence-electron chi connectivity index (χ0n) is 40.1. The number of hydrogen-bond acceptors (Lipinski definition) is 6. The Labute approximate surface area is 406 Å². The Balaban J connectivity index is 0.000000193. The van der Waals surface area contributed by atoms with Gasteiger partial charge >= 0.3 is 5.97 Å². The highest BCUT2D eigenvalue weighted by Gasteiger charge is 2.25. The minimum atomic E-state index is -0.911. The van der Waals surface area contributed by atoms with E-state index in [0.29, 0.717) is 18.4 Å². The number of unbranched alkanes of at least 4 members (excludes halogenated alkanes) is 2. The zero-order valence-corrected chi connectivity index (χ0v) is 40.1. The second-order valence-corrected chi connectivity index (χ2v) is 18.2. The van der Waals surface area contributed by atoms with Gasteiger partial charge in [0.1, 0.15) is 17.3 Å². The van der Waals surface area contributed by atoms with Gasteiger partial charge in [-0.15, -0.1) is 0 Å². The summed E-state index contributed by atoms with van der Waals surface area (Å²) in [5, 5.41) is 18.7. The number of fused-ring (bicyclic) bond motifs is 2. The third-order valence-corrected chi connectivity index (χ3v) is 13.6. The van der Waals surface area contributed by atoms with Crippen molar-refractivity contribution in [1.29, 1.82) is 0 Å². The molecule has 0 atom stereocenters. The average Bonchev–Trinajstić information content (AvgIpc) is 3.94. The monoisotopic (exact) mass is 937 g/mol. The van der Waals surface area contributed by atoms with Crippen LogP contribution in [-0.2, 0) is 17.9 Å². The molecule has 69 heavy (non-hydrogen) atoms. The van der Waals surface area contributed by atoms with Gasteiger partial charge in [0.15, 0.2) is 0 Å². The Morgan fingerprint density at radius 1 is 0.609 bits per heavy atom. The second kappa shape index (κ2) is 26.4. The molecule has 0 unspecified atom stereocenters. The molecule has 0 aliphatic carbocycles. The van der Waals surface area contributed by atoms with Crippen LogP contribution in [0.15, 0.2) is 140 Å². The number of para-hydroxylation sites is 3. The molecule has 7 aromatic rings. The number of nitrogens with zero attached hydrogens (tertiary/aromatic N) is 4. The molecule has 2 N–H and O–H groups in total. The van der Waals surface area contributed by atoms with E-state index in [9.17, 15) is 9.18 Å². The maximum atomic E-state index is 13.3. The molecule has 2 aromatic heterocycles. The lowest BCUT2D eigenvalue weighted by Crippen LogP contribution is -2.34. The number of hydrogen-bond donors (Lipinski definition) is 2. The number of rotatable bonds is 19. The number of ether oxygens (including phenoxy) is 2. The number of carbonyl (C=O) groups is 2. The number of aromatic carboxylic acids is 1. The van der Waals surface area contributed by atoms with Gasteiger partial charge in [-0.1, -0.05) is 86.5 Å². The molecule has 2 aliphatic rings. The molecule has 0 amide bonds. The molecule has 11 heteroatoms. The molecule has 5 aromatic carbocycles. The van der Waals surface area contributed by atoms with E-state index in [4.69, 9.17) is 24.5 Å². The molecular weight excluding hydrogens is 868 g/mol. The second-order valence-electron chi connectivity index (χ2n) is 18.2. The molecule has 2 aliphatic heterocycles.